The van der Waals surface area contributed by atoms with Gasteiger partial charge in [-0.3, -0.25) is 9.89 Å². The molecule has 0 atom stereocenters. The van der Waals surface area contributed by atoms with Crippen molar-refractivity contribution in [2.75, 3.05) is 10.6 Å². The maximum absolute atomic E-state index is 13.1. The molecule has 0 unspecified atom stereocenters. The number of carbonyl (C=O) groups is 3. The molecule has 0 saturated heterocycles. The van der Waals surface area contributed by atoms with Crippen LogP contribution in [0.5, 0.6) is 0 Å². The van der Waals surface area contributed by atoms with E-state index in [2.05, 4.69) is 20.8 Å². The molecule has 3 amide bonds. The minimum absolute atomic E-state index is 0.00267. The number of anilines is 2. The Morgan fingerprint density at radius 3 is 2.36 bits per heavy atom. The van der Waals surface area contributed by atoms with Crippen LogP contribution in [0.1, 0.15) is 45.8 Å². The molecule has 0 aliphatic carbocycles. The molecule has 2 aromatic carbocycles. The lowest BCUT2D eigenvalue weighted by Crippen LogP contribution is -2.43. The van der Waals surface area contributed by atoms with Crippen molar-refractivity contribution in [2.45, 2.75) is 25.9 Å². The smallest absolute Gasteiger partial charge is 0.335 e. The number of halogens is 2. The van der Waals surface area contributed by atoms with Crippen molar-refractivity contribution in [3.05, 3.63) is 74.9 Å². The third-order valence-electron chi connectivity index (χ3n) is 5.51. The van der Waals surface area contributed by atoms with E-state index in [0.717, 1.165) is 0 Å². The molecule has 0 saturated carbocycles. The van der Waals surface area contributed by atoms with Crippen LogP contribution in [0, 0.1) is 0 Å². The molecule has 11 heteroatoms. The number of fused-ring (bicyclic) bond motifs is 1. The molecule has 3 aromatic rings. The maximum Gasteiger partial charge on any atom is 0.335 e. The van der Waals surface area contributed by atoms with E-state index in [1.54, 1.807) is 23.1 Å². The average molecular weight is 488 g/mol. The molecular formula is C22H19Cl2N5O4. The molecule has 0 spiro atoms. The first-order valence-electron chi connectivity index (χ1n) is 9.84. The highest BCUT2D eigenvalue weighted by Crippen LogP contribution is 2.41. The number of urea groups is 1. The van der Waals surface area contributed by atoms with Crippen molar-refractivity contribution in [3.63, 3.8) is 0 Å². The van der Waals surface area contributed by atoms with Crippen LogP contribution < -0.4 is 10.6 Å². The number of amides is 3. The first-order valence-corrected chi connectivity index (χ1v) is 10.6. The highest BCUT2D eigenvalue weighted by molar-refractivity contribution is 6.39. The van der Waals surface area contributed by atoms with Gasteiger partial charge in [0.2, 0.25) is 0 Å². The van der Waals surface area contributed by atoms with Gasteiger partial charge in [-0.05, 0) is 44.2 Å². The number of carboxylic acid groups (broad SMARTS) is 1. The number of rotatable bonds is 4. The highest BCUT2D eigenvalue weighted by atomic mass is 35.5. The summed E-state index contributed by atoms with van der Waals surface area (Å²) in [5.74, 6) is -1.39. The summed E-state index contributed by atoms with van der Waals surface area (Å²) in [6.45, 7) is 3.84. The number of hydrogen-bond acceptors (Lipinski definition) is 4. The Labute approximate surface area is 198 Å². The number of H-pyrrole nitrogens is 1. The minimum Gasteiger partial charge on any atom is -0.478 e. The van der Waals surface area contributed by atoms with Crippen LogP contribution in [-0.2, 0) is 12.1 Å². The quantitative estimate of drug-likeness (QED) is 0.413. The SMILES string of the molecule is CC1(C)c2[nH]nc(NC(=O)c3cccc(C(=O)O)c3)c2CN1C(=O)Nc1c(Cl)cccc1Cl. The molecule has 0 bridgehead atoms. The van der Waals surface area contributed by atoms with Gasteiger partial charge in [0, 0.05) is 11.1 Å². The predicted molar refractivity (Wildman–Crippen MR) is 124 cm³/mol. The maximum atomic E-state index is 13.1. The lowest BCUT2D eigenvalue weighted by molar-refractivity contribution is 0.0696. The van der Waals surface area contributed by atoms with Crippen LogP contribution in [-0.4, -0.2) is 38.1 Å². The minimum atomic E-state index is -1.13. The Kier molecular flexibility index (Phi) is 5.77. The van der Waals surface area contributed by atoms with Crippen molar-refractivity contribution in [1.29, 1.82) is 0 Å². The Morgan fingerprint density at radius 2 is 1.70 bits per heavy atom. The van der Waals surface area contributed by atoms with E-state index in [4.69, 9.17) is 28.3 Å². The van der Waals surface area contributed by atoms with Gasteiger partial charge in [-0.25, -0.2) is 9.59 Å². The number of aromatic amines is 1. The van der Waals surface area contributed by atoms with Gasteiger partial charge in [0.15, 0.2) is 5.82 Å². The molecule has 1 aliphatic rings. The third-order valence-corrected chi connectivity index (χ3v) is 6.14. The largest absolute Gasteiger partial charge is 0.478 e. The van der Waals surface area contributed by atoms with Gasteiger partial charge in [-0.2, -0.15) is 5.10 Å². The van der Waals surface area contributed by atoms with E-state index in [-0.39, 0.29) is 23.5 Å². The van der Waals surface area contributed by atoms with Gasteiger partial charge in [-0.15, -0.1) is 0 Å². The highest BCUT2D eigenvalue weighted by Gasteiger charge is 2.44. The van der Waals surface area contributed by atoms with E-state index < -0.39 is 23.4 Å². The summed E-state index contributed by atoms with van der Waals surface area (Å²) in [4.78, 5) is 38.5. The van der Waals surface area contributed by atoms with Crippen molar-refractivity contribution < 1.29 is 19.5 Å². The lowest BCUT2D eigenvalue weighted by atomic mass is 10.0. The van der Waals surface area contributed by atoms with Crippen LogP contribution in [0.4, 0.5) is 16.3 Å². The number of carbonyl (C=O) groups excluding carboxylic acids is 2. The first-order chi connectivity index (χ1) is 15.6. The second-order valence-electron chi connectivity index (χ2n) is 7.94. The van der Waals surface area contributed by atoms with E-state index in [9.17, 15) is 14.4 Å². The molecule has 0 fully saturated rings. The number of nitrogens with zero attached hydrogens (tertiary/aromatic N) is 2. The van der Waals surface area contributed by atoms with Gasteiger partial charge in [0.1, 0.15) is 0 Å². The predicted octanol–water partition coefficient (Wildman–Crippen LogP) is 4.95. The topological polar surface area (TPSA) is 127 Å². The molecule has 170 valence electrons. The van der Waals surface area contributed by atoms with Gasteiger partial charge in [0.05, 0.1) is 39.1 Å². The van der Waals surface area contributed by atoms with Crippen molar-refractivity contribution in [2.24, 2.45) is 0 Å². The standard InChI is InChI=1S/C22H19Cl2N5O4/c1-22(2)17-13(10-29(22)21(33)25-16-14(23)7-4-8-15(16)24)18(28-27-17)26-19(30)11-5-3-6-12(9-11)20(31)32/h3-9H,10H2,1-2H3,(H,25,33)(H,31,32)(H2,26,27,28,30). The fourth-order valence-corrected chi connectivity index (χ4v) is 4.20. The summed E-state index contributed by atoms with van der Waals surface area (Å²) in [6, 6.07) is 10.2. The van der Waals surface area contributed by atoms with Crippen LogP contribution in [0.25, 0.3) is 0 Å². The van der Waals surface area contributed by atoms with E-state index in [0.29, 0.717) is 27.0 Å². The Bertz CT molecular complexity index is 1270. The van der Waals surface area contributed by atoms with Gasteiger partial charge >= 0.3 is 12.0 Å². The zero-order chi connectivity index (χ0) is 23.9. The fraction of sp³-hybridized carbons (Fsp3) is 0.182. The van der Waals surface area contributed by atoms with Crippen LogP contribution in [0.3, 0.4) is 0 Å². The number of hydrogen-bond donors (Lipinski definition) is 4. The van der Waals surface area contributed by atoms with Gasteiger partial charge in [0.25, 0.3) is 5.91 Å². The second-order valence-corrected chi connectivity index (χ2v) is 8.75. The Balaban J connectivity index is 1.56. The summed E-state index contributed by atoms with van der Waals surface area (Å²) < 4.78 is 0. The number of benzene rings is 2. The van der Waals surface area contributed by atoms with Crippen LogP contribution >= 0.6 is 23.2 Å². The Morgan fingerprint density at radius 1 is 1.06 bits per heavy atom. The summed E-state index contributed by atoms with van der Waals surface area (Å²) in [5, 5.41) is 22.3. The number of nitrogens with one attached hydrogen (secondary N) is 3. The first kappa shape index (κ1) is 22.6. The molecule has 33 heavy (non-hydrogen) atoms. The van der Waals surface area contributed by atoms with Crippen molar-refractivity contribution in [3.8, 4) is 0 Å². The van der Waals surface area contributed by atoms with Crippen LogP contribution in [0.15, 0.2) is 42.5 Å². The van der Waals surface area contributed by atoms with Crippen molar-refractivity contribution in [1.82, 2.24) is 15.1 Å². The van der Waals surface area contributed by atoms with Gasteiger partial charge in [-0.1, -0.05) is 35.3 Å². The summed E-state index contributed by atoms with van der Waals surface area (Å²) in [6.07, 6.45) is 0. The van der Waals surface area contributed by atoms with Crippen molar-refractivity contribution >= 4 is 52.6 Å². The Hall–Kier alpha value is -3.56. The molecule has 4 rings (SSSR count). The monoisotopic (exact) mass is 487 g/mol. The number of aromatic nitrogens is 2. The average Bonchev–Trinajstić information content (AvgIpc) is 3.29. The number of aromatic carboxylic acids is 1. The number of para-hydroxylation sites is 1. The summed E-state index contributed by atoms with van der Waals surface area (Å²) >= 11 is 12.3. The molecule has 1 aromatic heterocycles. The third kappa shape index (κ3) is 4.12. The number of carboxylic acids is 1. The second kappa shape index (κ2) is 8.42. The summed E-state index contributed by atoms with van der Waals surface area (Å²) in [7, 11) is 0. The van der Waals surface area contributed by atoms with E-state index in [1.165, 1.54) is 24.3 Å². The lowest BCUT2D eigenvalue weighted by Gasteiger charge is -2.32. The van der Waals surface area contributed by atoms with E-state index in [1.807, 2.05) is 13.8 Å². The molecule has 1 aliphatic heterocycles. The van der Waals surface area contributed by atoms with E-state index >= 15 is 0 Å². The molecule has 9 nitrogen and oxygen atoms in total. The molecule has 2 heterocycles. The molecule has 4 N–H and O–H groups in total. The zero-order valence-corrected chi connectivity index (χ0v) is 19.1. The normalized spacial score (nSPS) is 14.0. The summed E-state index contributed by atoms with van der Waals surface area (Å²) in [5.41, 5.74) is 1.01. The molecule has 0 radical (unpaired) electrons. The van der Waals surface area contributed by atoms with Crippen LogP contribution in [0.2, 0.25) is 10.0 Å². The molecular weight excluding hydrogens is 469 g/mol. The van der Waals surface area contributed by atoms with Gasteiger partial charge < -0.3 is 20.6 Å². The zero-order valence-electron chi connectivity index (χ0n) is 17.6. The fourth-order valence-electron chi connectivity index (χ4n) is 3.71.